The molecule has 1 aromatic carbocycles. The summed E-state index contributed by atoms with van der Waals surface area (Å²) >= 11 is 0. The van der Waals surface area contributed by atoms with Crippen LogP contribution in [-0.4, -0.2) is 36.0 Å². The van der Waals surface area contributed by atoms with Crippen LogP contribution >= 0.6 is 0 Å². The second-order valence-corrected chi connectivity index (χ2v) is 7.47. The van der Waals surface area contributed by atoms with Crippen molar-refractivity contribution in [3.05, 3.63) is 41.5 Å². The Hall–Kier alpha value is -1.61. The fourth-order valence-corrected chi connectivity index (χ4v) is 3.06. The molecular formula is C20H30N2O. The van der Waals surface area contributed by atoms with E-state index in [1.54, 1.807) is 6.08 Å². The lowest BCUT2D eigenvalue weighted by atomic mass is 9.93. The van der Waals surface area contributed by atoms with E-state index in [9.17, 15) is 4.79 Å². The van der Waals surface area contributed by atoms with Gasteiger partial charge in [-0.1, -0.05) is 36.8 Å². The molecule has 1 heterocycles. The Balaban J connectivity index is 1.84. The number of benzene rings is 1. The zero-order valence-corrected chi connectivity index (χ0v) is 14.9. The maximum Gasteiger partial charge on any atom is 0.244 e. The highest BCUT2D eigenvalue weighted by atomic mass is 16.1. The van der Waals surface area contributed by atoms with Crippen molar-refractivity contribution in [2.75, 3.05) is 19.6 Å². The molecule has 2 rings (SSSR count). The van der Waals surface area contributed by atoms with Gasteiger partial charge in [0.1, 0.15) is 0 Å². The molecule has 0 spiro atoms. The number of aryl methyl sites for hydroxylation is 1. The highest BCUT2D eigenvalue weighted by Crippen LogP contribution is 2.23. The third-order valence-corrected chi connectivity index (χ3v) is 4.71. The Morgan fingerprint density at radius 2 is 2.04 bits per heavy atom. The first-order chi connectivity index (χ1) is 10.9. The largest absolute Gasteiger partial charge is 0.351 e. The molecule has 1 fully saturated rings. The highest BCUT2D eigenvalue weighted by Gasteiger charge is 2.30. The molecule has 1 aliphatic heterocycles. The van der Waals surface area contributed by atoms with E-state index in [2.05, 4.69) is 50.0 Å². The van der Waals surface area contributed by atoms with Crippen molar-refractivity contribution in [1.82, 2.24) is 10.2 Å². The van der Waals surface area contributed by atoms with Gasteiger partial charge in [-0.05, 0) is 57.7 Å². The molecule has 1 saturated heterocycles. The van der Waals surface area contributed by atoms with Crippen LogP contribution in [0.3, 0.4) is 0 Å². The first-order valence-electron chi connectivity index (χ1n) is 8.64. The number of likely N-dealkylation sites (tertiary alicyclic amines) is 1. The molecule has 1 atom stereocenters. The fraction of sp³-hybridized carbons (Fsp3) is 0.550. The molecule has 1 aromatic rings. The average molecular weight is 314 g/mol. The zero-order chi connectivity index (χ0) is 16.9. The molecular weight excluding hydrogens is 284 g/mol. The predicted molar refractivity (Wildman–Crippen MR) is 97.3 cm³/mol. The van der Waals surface area contributed by atoms with Gasteiger partial charge >= 0.3 is 0 Å². The minimum Gasteiger partial charge on any atom is -0.351 e. The quantitative estimate of drug-likeness (QED) is 0.842. The summed E-state index contributed by atoms with van der Waals surface area (Å²) in [7, 11) is 0. The summed E-state index contributed by atoms with van der Waals surface area (Å²) in [5, 5.41) is 3.05. The molecule has 0 aromatic heterocycles. The zero-order valence-electron chi connectivity index (χ0n) is 14.9. The van der Waals surface area contributed by atoms with Crippen molar-refractivity contribution in [3.8, 4) is 0 Å². The number of nitrogens with zero attached hydrogens (tertiary/aromatic N) is 1. The van der Waals surface area contributed by atoms with Crippen LogP contribution in [0.25, 0.3) is 6.08 Å². The number of piperidine rings is 1. The number of carbonyl (C=O) groups excluding carboxylic acids is 1. The van der Waals surface area contributed by atoms with Gasteiger partial charge in [-0.2, -0.15) is 0 Å². The Labute approximate surface area is 140 Å². The number of amides is 1. The first-order valence-corrected chi connectivity index (χ1v) is 8.64. The van der Waals surface area contributed by atoms with Crippen LogP contribution in [-0.2, 0) is 4.79 Å². The van der Waals surface area contributed by atoms with Crippen molar-refractivity contribution >= 4 is 12.0 Å². The minimum absolute atomic E-state index is 0.00202. The maximum absolute atomic E-state index is 12.1. The monoisotopic (exact) mass is 314 g/mol. The summed E-state index contributed by atoms with van der Waals surface area (Å²) in [5.41, 5.74) is 2.28. The van der Waals surface area contributed by atoms with E-state index in [-0.39, 0.29) is 11.4 Å². The van der Waals surface area contributed by atoms with Gasteiger partial charge in [-0.3, -0.25) is 9.69 Å². The molecule has 3 heteroatoms. The average Bonchev–Trinajstić information content (AvgIpc) is 2.52. The van der Waals surface area contributed by atoms with Gasteiger partial charge in [0.25, 0.3) is 0 Å². The predicted octanol–water partition coefficient (Wildman–Crippen LogP) is 3.63. The van der Waals surface area contributed by atoms with Crippen molar-refractivity contribution < 1.29 is 4.79 Å². The summed E-state index contributed by atoms with van der Waals surface area (Å²) in [6.45, 7) is 11.7. The maximum atomic E-state index is 12.1. The van der Waals surface area contributed by atoms with Gasteiger partial charge < -0.3 is 5.32 Å². The van der Waals surface area contributed by atoms with Crippen molar-refractivity contribution in [1.29, 1.82) is 0 Å². The van der Waals surface area contributed by atoms with Crippen LogP contribution in [0.5, 0.6) is 0 Å². The van der Waals surface area contributed by atoms with E-state index in [1.807, 2.05) is 18.2 Å². The number of hydrogen-bond donors (Lipinski definition) is 1. The molecule has 0 unspecified atom stereocenters. The third-order valence-electron chi connectivity index (χ3n) is 4.71. The van der Waals surface area contributed by atoms with E-state index in [0.717, 1.165) is 24.6 Å². The smallest absolute Gasteiger partial charge is 0.244 e. The fourth-order valence-electron chi connectivity index (χ4n) is 3.06. The van der Waals surface area contributed by atoms with Crippen LogP contribution in [0, 0.1) is 12.8 Å². The molecule has 0 bridgehead atoms. The Kier molecular flexibility index (Phi) is 6.00. The third kappa shape index (κ3) is 5.51. The molecule has 23 heavy (non-hydrogen) atoms. The van der Waals surface area contributed by atoms with Crippen molar-refractivity contribution in [2.45, 2.75) is 46.1 Å². The Bertz CT molecular complexity index is 545. The van der Waals surface area contributed by atoms with E-state index in [0.29, 0.717) is 6.54 Å². The van der Waals surface area contributed by atoms with Crippen LogP contribution in [0.2, 0.25) is 0 Å². The summed E-state index contributed by atoms with van der Waals surface area (Å²) in [6.07, 6.45) is 6.06. The summed E-state index contributed by atoms with van der Waals surface area (Å²) in [4.78, 5) is 14.6. The molecule has 126 valence electrons. The van der Waals surface area contributed by atoms with Gasteiger partial charge in [-0.25, -0.2) is 0 Å². The van der Waals surface area contributed by atoms with Crippen LogP contribution < -0.4 is 5.32 Å². The Morgan fingerprint density at radius 3 is 2.70 bits per heavy atom. The van der Waals surface area contributed by atoms with Crippen LogP contribution in [0.4, 0.5) is 0 Å². The van der Waals surface area contributed by atoms with E-state index >= 15 is 0 Å². The summed E-state index contributed by atoms with van der Waals surface area (Å²) < 4.78 is 0. The van der Waals surface area contributed by atoms with Gasteiger partial charge in [0, 0.05) is 24.7 Å². The molecule has 0 aliphatic carbocycles. The number of rotatable bonds is 5. The highest BCUT2D eigenvalue weighted by molar-refractivity contribution is 5.91. The lowest BCUT2D eigenvalue weighted by Gasteiger charge is -2.43. The van der Waals surface area contributed by atoms with Gasteiger partial charge in [0.15, 0.2) is 0 Å². The standard InChI is InChI=1S/C20H30N2O/c1-16-7-9-18(10-8-16)11-12-19(23)21-15-20(3,4)22-13-5-6-17(2)14-22/h7-12,17H,5-6,13-15H2,1-4H3,(H,21,23)/b12-11-/t17-/m1/s1. The molecule has 1 amide bonds. The molecule has 1 aliphatic rings. The summed E-state index contributed by atoms with van der Waals surface area (Å²) in [5.74, 6) is 0.726. The Morgan fingerprint density at radius 1 is 1.35 bits per heavy atom. The lowest BCUT2D eigenvalue weighted by Crippen LogP contribution is -2.54. The first kappa shape index (κ1) is 17.7. The number of nitrogens with one attached hydrogen (secondary N) is 1. The number of hydrogen-bond acceptors (Lipinski definition) is 2. The summed E-state index contributed by atoms with van der Waals surface area (Å²) in [6, 6.07) is 8.16. The van der Waals surface area contributed by atoms with E-state index in [4.69, 9.17) is 0 Å². The van der Waals surface area contributed by atoms with Crippen molar-refractivity contribution in [2.24, 2.45) is 5.92 Å². The lowest BCUT2D eigenvalue weighted by molar-refractivity contribution is -0.117. The van der Waals surface area contributed by atoms with Crippen LogP contribution in [0.1, 0.15) is 44.7 Å². The van der Waals surface area contributed by atoms with E-state index < -0.39 is 0 Å². The van der Waals surface area contributed by atoms with Gasteiger partial charge in [-0.15, -0.1) is 0 Å². The molecule has 1 N–H and O–H groups in total. The van der Waals surface area contributed by atoms with Crippen molar-refractivity contribution in [3.63, 3.8) is 0 Å². The molecule has 0 radical (unpaired) electrons. The number of carbonyl (C=O) groups is 1. The molecule has 0 saturated carbocycles. The van der Waals surface area contributed by atoms with Gasteiger partial charge in [0.2, 0.25) is 5.91 Å². The van der Waals surface area contributed by atoms with Crippen LogP contribution in [0.15, 0.2) is 30.3 Å². The molecule has 3 nitrogen and oxygen atoms in total. The van der Waals surface area contributed by atoms with E-state index in [1.165, 1.54) is 18.4 Å². The SMILES string of the molecule is Cc1ccc(/C=C\C(=O)NCC(C)(C)N2CCC[C@@H](C)C2)cc1. The topological polar surface area (TPSA) is 32.3 Å². The second kappa shape index (κ2) is 7.78. The van der Waals surface area contributed by atoms with Gasteiger partial charge in [0.05, 0.1) is 0 Å². The normalized spacial score (nSPS) is 19.9. The minimum atomic E-state index is -0.0243. The second-order valence-electron chi connectivity index (χ2n) is 7.47.